The summed E-state index contributed by atoms with van der Waals surface area (Å²) in [6.07, 6.45) is 3.17. The topological polar surface area (TPSA) is 126 Å². The van der Waals surface area contributed by atoms with E-state index in [-0.39, 0.29) is 12.0 Å². The quantitative estimate of drug-likeness (QED) is 0.197. The Labute approximate surface area is 208 Å². The Hall–Kier alpha value is -4.63. The lowest BCUT2D eigenvalue weighted by Gasteiger charge is -2.18. The lowest BCUT2D eigenvalue weighted by Crippen LogP contribution is -2.44. The second kappa shape index (κ2) is 12.7. The average Bonchev–Trinajstić information content (AvgIpc) is 2.91. The molecular formula is C27H27N3O6. The van der Waals surface area contributed by atoms with E-state index in [0.717, 1.165) is 5.56 Å². The third kappa shape index (κ3) is 7.18. The first-order valence-corrected chi connectivity index (χ1v) is 11.0. The van der Waals surface area contributed by atoms with Crippen LogP contribution in [0.4, 0.5) is 5.69 Å². The molecule has 3 rings (SSSR count). The minimum atomic E-state index is -0.878. The van der Waals surface area contributed by atoms with Crippen LogP contribution in [-0.4, -0.2) is 43.2 Å². The maximum absolute atomic E-state index is 13.1. The molecule has 0 aliphatic carbocycles. The molecule has 36 heavy (non-hydrogen) atoms. The molecule has 3 aromatic carbocycles. The summed E-state index contributed by atoms with van der Waals surface area (Å²) in [6.45, 7) is 0. The van der Waals surface area contributed by atoms with E-state index in [1.54, 1.807) is 36.9 Å². The Balaban J connectivity index is 1.76. The zero-order valence-electron chi connectivity index (χ0n) is 19.9. The molecule has 0 saturated carbocycles. The molecule has 186 valence electrons. The number of hydrogen-bond donors (Lipinski definition) is 4. The Bertz CT molecular complexity index is 1230. The minimum absolute atomic E-state index is 0.225. The summed E-state index contributed by atoms with van der Waals surface area (Å²) < 4.78 is 10.6. The molecule has 0 spiro atoms. The van der Waals surface area contributed by atoms with Crippen LogP contribution in [0, 0.1) is 0 Å². The van der Waals surface area contributed by atoms with Crippen LogP contribution in [0.1, 0.15) is 21.5 Å². The first-order valence-electron chi connectivity index (χ1n) is 11.0. The Morgan fingerprint density at radius 2 is 1.67 bits per heavy atom. The van der Waals surface area contributed by atoms with Crippen LogP contribution in [0.25, 0.3) is 6.08 Å². The Morgan fingerprint density at radius 3 is 2.31 bits per heavy atom. The van der Waals surface area contributed by atoms with E-state index in [2.05, 4.69) is 10.6 Å². The first-order chi connectivity index (χ1) is 17.4. The van der Waals surface area contributed by atoms with E-state index in [0.29, 0.717) is 22.7 Å². The minimum Gasteiger partial charge on any atom is -0.497 e. The van der Waals surface area contributed by atoms with E-state index >= 15 is 0 Å². The highest BCUT2D eigenvalue weighted by Crippen LogP contribution is 2.25. The summed E-state index contributed by atoms with van der Waals surface area (Å²) in [6, 6.07) is 19.6. The molecule has 0 aliphatic rings. The van der Waals surface area contributed by atoms with Crippen molar-refractivity contribution in [1.29, 1.82) is 0 Å². The van der Waals surface area contributed by atoms with Gasteiger partial charge in [-0.25, -0.2) is 5.48 Å². The highest BCUT2D eigenvalue weighted by atomic mass is 16.5. The summed E-state index contributed by atoms with van der Waals surface area (Å²) in [4.78, 5) is 37.3. The van der Waals surface area contributed by atoms with E-state index in [4.69, 9.17) is 14.7 Å². The van der Waals surface area contributed by atoms with Crippen LogP contribution in [0.2, 0.25) is 0 Å². The van der Waals surface area contributed by atoms with Gasteiger partial charge in [0.2, 0.25) is 11.8 Å². The van der Waals surface area contributed by atoms with E-state index in [9.17, 15) is 14.4 Å². The molecule has 0 fully saturated rings. The van der Waals surface area contributed by atoms with Gasteiger partial charge in [-0.15, -0.1) is 0 Å². The van der Waals surface area contributed by atoms with Gasteiger partial charge >= 0.3 is 0 Å². The number of benzene rings is 3. The van der Waals surface area contributed by atoms with Gasteiger partial charge in [0.1, 0.15) is 17.5 Å². The molecule has 0 saturated heterocycles. The summed E-state index contributed by atoms with van der Waals surface area (Å²) in [7, 11) is 3.08. The van der Waals surface area contributed by atoms with Gasteiger partial charge in [0.15, 0.2) is 0 Å². The van der Waals surface area contributed by atoms with Crippen LogP contribution < -0.4 is 25.6 Å². The highest BCUT2D eigenvalue weighted by molar-refractivity contribution is 6.01. The fourth-order valence-electron chi connectivity index (χ4n) is 3.41. The Kier molecular flexibility index (Phi) is 9.19. The SMILES string of the molecule is COc1ccc(OC)c(/C=C/C(=O)N[C@@H](Cc2ccccc2)C(=O)Nc2ccc(C(=O)NO)cc2)c1. The molecule has 0 aliphatic heterocycles. The maximum Gasteiger partial charge on any atom is 0.274 e. The molecule has 0 radical (unpaired) electrons. The number of anilines is 1. The zero-order chi connectivity index (χ0) is 25.9. The number of carbonyl (C=O) groups excluding carboxylic acids is 3. The summed E-state index contributed by atoms with van der Waals surface area (Å²) >= 11 is 0. The van der Waals surface area contributed by atoms with Crippen LogP contribution in [0.5, 0.6) is 11.5 Å². The third-order valence-corrected chi connectivity index (χ3v) is 5.28. The van der Waals surface area contributed by atoms with Gasteiger partial charge in [0.25, 0.3) is 5.91 Å². The molecule has 9 nitrogen and oxygen atoms in total. The molecule has 0 heterocycles. The summed E-state index contributed by atoms with van der Waals surface area (Å²) in [5, 5.41) is 14.2. The number of carbonyl (C=O) groups is 3. The van der Waals surface area contributed by atoms with Gasteiger partial charge in [0, 0.05) is 29.3 Å². The predicted octanol–water partition coefficient (Wildman–Crippen LogP) is 3.20. The normalized spacial score (nSPS) is 11.4. The lowest BCUT2D eigenvalue weighted by atomic mass is 10.0. The standard InChI is InChI=1S/C27H27N3O6/c1-35-22-13-14-24(36-2)20(17-22)10-15-25(31)29-23(16-18-6-4-3-5-7-18)27(33)28-21-11-8-19(9-12-21)26(32)30-34/h3-15,17,23,34H,16H2,1-2H3,(H,28,33)(H,29,31)(H,30,32)/b15-10+/t23-/m0/s1. The van der Waals surface area contributed by atoms with E-state index < -0.39 is 23.8 Å². The van der Waals surface area contributed by atoms with Crippen molar-refractivity contribution < 1.29 is 29.1 Å². The van der Waals surface area contributed by atoms with Gasteiger partial charge in [-0.05, 0) is 54.1 Å². The predicted molar refractivity (Wildman–Crippen MR) is 135 cm³/mol. The third-order valence-electron chi connectivity index (χ3n) is 5.28. The van der Waals surface area contributed by atoms with Gasteiger partial charge < -0.3 is 20.1 Å². The second-order valence-electron chi connectivity index (χ2n) is 7.70. The molecule has 0 unspecified atom stereocenters. The van der Waals surface area contributed by atoms with Crippen LogP contribution in [0.3, 0.4) is 0 Å². The molecule has 0 aromatic heterocycles. The van der Waals surface area contributed by atoms with Crippen molar-refractivity contribution in [2.45, 2.75) is 12.5 Å². The van der Waals surface area contributed by atoms with Crippen LogP contribution in [0.15, 0.2) is 78.9 Å². The molecule has 9 heteroatoms. The molecule has 0 bridgehead atoms. The fourth-order valence-corrected chi connectivity index (χ4v) is 3.41. The van der Waals surface area contributed by atoms with Crippen molar-refractivity contribution in [3.63, 3.8) is 0 Å². The van der Waals surface area contributed by atoms with Crippen molar-refractivity contribution in [3.8, 4) is 11.5 Å². The monoisotopic (exact) mass is 489 g/mol. The van der Waals surface area contributed by atoms with Gasteiger partial charge in [-0.1, -0.05) is 30.3 Å². The number of nitrogens with one attached hydrogen (secondary N) is 3. The van der Waals surface area contributed by atoms with E-state index in [1.807, 2.05) is 30.3 Å². The second-order valence-corrected chi connectivity index (χ2v) is 7.70. The largest absolute Gasteiger partial charge is 0.497 e. The summed E-state index contributed by atoms with van der Waals surface area (Å²) in [5.74, 6) is -0.386. The number of methoxy groups -OCH3 is 2. The zero-order valence-corrected chi connectivity index (χ0v) is 19.9. The number of rotatable bonds is 10. The van der Waals surface area contributed by atoms with Crippen molar-refractivity contribution in [1.82, 2.24) is 10.8 Å². The molecule has 1 atom stereocenters. The number of hydrogen-bond acceptors (Lipinski definition) is 6. The fraction of sp³-hybridized carbons (Fsp3) is 0.148. The number of hydroxylamine groups is 1. The number of amides is 3. The summed E-state index contributed by atoms with van der Waals surface area (Å²) in [5.41, 5.74) is 3.71. The van der Waals surface area contributed by atoms with Crippen LogP contribution in [-0.2, 0) is 16.0 Å². The first kappa shape index (κ1) is 26.0. The van der Waals surface area contributed by atoms with Crippen molar-refractivity contribution in [2.24, 2.45) is 0 Å². The molecule has 4 N–H and O–H groups in total. The van der Waals surface area contributed by atoms with Crippen LogP contribution >= 0.6 is 0 Å². The Morgan fingerprint density at radius 1 is 0.944 bits per heavy atom. The smallest absolute Gasteiger partial charge is 0.274 e. The highest BCUT2D eigenvalue weighted by Gasteiger charge is 2.21. The molecule has 3 aromatic rings. The lowest BCUT2D eigenvalue weighted by molar-refractivity contribution is -0.123. The van der Waals surface area contributed by atoms with Gasteiger partial charge in [0.05, 0.1) is 14.2 Å². The number of ether oxygens (including phenoxy) is 2. The van der Waals surface area contributed by atoms with Crippen molar-refractivity contribution >= 4 is 29.5 Å². The molecular weight excluding hydrogens is 462 g/mol. The van der Waals surface area contributed by atoms with Gasteiger partial charge in [-0.3, -0.25) is 19.6 Å². The molecule has 3 amide bonds. The van der Waals surface area contributed by atoms with Crippen molar-refractivity contribution in [3.05, 3.63) is 95.6 Å². The van der Waals surface area contributed by atoms with E-state index in [1.165, 1.54) is 37.5 Å². The maximum atomic E-state index is 13.1. The van der Waals surface area contributed by atoms with Gasteiger partial charge in [-0.2, -0.15) is 0 Å². The van der Waals surface area contributed by atoms with Crippen molar-refractivity contribution in [2.75, 3.05) is 19.5 Å². The average molecular weight is 490 g/mol.